The highest BCUT2D eigenvalue weighted by Crippen LogP contribution is 2.15. The molecule has 0 fully saturated rings. The van der Waals surface area contributed by atoms with Gasteiger partial charge in [0.2, 0.25) is 0 Å². The Labute approximate surface area is 112 Å². The van der Waals surface area contributed by atoms with Gasteiger partial charge in [0.1, 0.15) is 11.6 Å². The molecule has 0 aliphatic rings. The first-order chi connectivity index (χ1) is 9.54. The second-order valence-electron chi connectivity index (χ2n) is 3.86. The predicted octanol–water partition coefficient (Wildman–Crippen LogP) is 3.08. The third kappa shape index (κ3) is 3.61. The van der Waals surface area contributed by atoms with Crippen LogP contribution >= 0.6 is 0 Å². The van der Waals surface area contributed by atoms with Gasteiger partial charge in [0.15, 0.2) is 5.75 Å². The van der Waals surface area contributed by atoms with Gasteiger partial charge in [0.25, 0.3) is 0 Å². The standard InChI is InChI=1S/C14H9F2NO3/c15-11-5-12(16)7-13(6-11)20-17-8-9-2-1-3-10(4-9)14(18)19/h1-8H,(H,18,19)/b17-8+. The van der Waals surface area contributed by atoms with Gasteiger partial charge in [-0.25, -0.2) is 13.6 Å². The van der Waals surface area contributed by atoms with E-state index >= 15 is 0 Å². The molecule has 20 heavy (non-hydrogen) atoms. The fourth-order valence-electron chi connectivity index (χ4n) is 1.48. The largest absolute Gasteiger partial charge is 0.478 e. The third-order valence-corrected chi connectivity index (χ3v) is 2.33. The number of nitrogens with zero attached hydrogens (tertiary/aromatic N) is 1. The Kier molecular flexibility index (Phi) is 4.05. The number of hydrogen-bond donors (Lipinski definition) is 1. The van der Waals surface area contributed by atoms with Crippen LogP contribution in [0.5, 0.6) is 5.75 Å². The van der Waals surface area contributed by atoms with Crippen LogP contribution in [0, 0.1) is 11.6 Å². The summed E-state index contributed by atoms with van der Waals surface area (Å²) in [5, 5.41) is 12.4. The minimum atomic E-state index is -1.06. The van der Waals surface area contributed by atoms with Crippen molar-refractivity contribution < 1.29 is 23.5 Å². The van der Waals surface area contributed by atoms with E-state index in [-0.39, 0.29) is 11.3 Å². The van der Waals surface area contributed by atoms with Crippen LogP contribution in [0.2, 0.25) is 0 Å². The SMILES string of the molecule is O=C(O)c1cccc(/C=N/Oc2cc(F)cc(F)c2)c1. The van der Waals surface area contributed by atoms with Crippen LogP contribution in [0.1, 0.15) is 15.9 Å². The van der Waals surface area contributed by atoms with Crippen molar-refractivity contribution in [2.24, 2.45) is 5.16 Å². The summed E-state index contributed by atoms with van der Waals surface area (Å²) in [4.78, 5) is 15.6. The van der Waals surface area contributed by atoms with Crippen LogP contribution in [0.3, 0.4) is 0 Å². The van der Waals surface area contributed by atoms with Crippen molar-refractivity contribution >= 4 is 12.2 Å². The molecular formula is C14H9F2NO3. The zero-order chi connectivity index (χ0) is 14.5. The summed E-state index contributed by atoms with van der Waals surface area (Å²) >= 11 is 0. The number of benzene rings is 2. The number of hydrogen-bond acceptors (Lipinski definition) is 3. The van der Waals surface area contributed by atoms with E-state index in [0.717, 1.165) is 12.1 Å². The van der Waals surface area contributed by atoms with Gasteiger partial charge in [-0.2, -0.15) is 0 Å². The number of rotatable bonds is 4. The molecule has 6 heteroatoms. The highest BCUT2D eigenvalue weighted by molar-refractivity contribution is 5.90. The van der Waals surface area contributed by atoms with Gasteiger partial charge in [-0.3, -0.25) is 0 Å². The number of oxime groups is 1. The van der Waals surface area contributed by atoms with Crippen LogP contribution in [0.4, 0.5) is 8.78 Å². The zero-order valence-electron chi connectivity index (χ0n) is 10.1. The Balaban J connectivity index is 2.10. The van der Waals surface area contributed by atoms with Gasteiger partial charge in [0, 0.05) is 18.2 Å². The lowest BCUT2D eigenvalue weighted by Crippen LogP contribution is -1.97. The van der Waals surface area contributed by atoms with Crippen molar-refractivity contribution in [2.75, 3.05) is 0 Å². The maximum Gasteiger partial charge on any atom is 0.335 e. The molecule has 0 spiro atoms. The van der Waals surface area contributed by atoms with Gasteiger partial charge in [-0.1, -0.05) is 17.3 Å². The lowest BCUT2D eigenvalue weighted by atomic mass is 10.1. The quantitative estimate of drug-likeness (QED) is 0.690. The summed E-state index contributed by atoms with van der Waals surface area (Å²) in [6, 6.07) is 8.66. The van der Waals surface area contributed by atoms with Gasteiger partial charge in [-0.15, -0.1) is 0 Å². The van der Waals surface area contributed by atoms with Gasteiger partial charge < -0.3 is 9.94 Å². The van der Waals surface area contributed by atoms with Crippen LogP contribution < -0.4 is 4.84 Å². The molecule has 0 atom stereocenters. The molecule has 0 heterocycles. The molecular weight excluding hydrogens is 268 g/mol. The van der Waals surface area contributed by atoms with E-state index in [1.54, 1.807) is 12.1 Å². The second-order valence-corrected chi connectivity index (χ2v) is 3.86. The Morgan fingerprint density at radius 3 is 2.50 bits per heavy atom. The van der Waals surface area contributed by atoms with Crippen LogP contribution in [-0.2, 0) is 0 Å². The molecule has 0 amide bonds. The second kappa shape index (κ2) is 5.92. The van der Waals surface area contributed by atoms with Crippen LogP contribution in [0.25, 0.3) is 0 Å². The van der Waals surface area contributed by atoms with Crippen molar-refractivity contribution in [2.45, 2.75) is 0 Å². The van der Waals surface area contributed by atoms with Crippen molar-refractivity contribution in [1.82, 2.24) is 0 Å². The first kappa shape index (κ1) is 13.7. The topological polar surface area (TPSA) is 58.9 Å². The summed E-state index contributed by atoms with van der Waals surface area (Å²) in [5.74, 6) is -2.70. The Hall–Kier alpha value is -2.76. The van der Waals surface area contributed by atoms with E-state index in [2.05, 4.69) is 5.16 Å². The number of carboxylic acid groups (broad SMARTS) is 1. The highest BCUT2D eigenvalue weighted by atomic mass is 19.1. The lowest BCUT2D eigenvalue weighted by molar-refractivity contribution is 0.0697. The van der Waals surface area contributed by atoms with Crippen LogP contribution in [0.15, 0.2) is 47.6 Å². The maximum atomic E-state index is 12.9. The zero-order valence-corrected chi connectivity index (χ0v) is 10.1. The van der Waals surface area contributed by atoms with E-state index in [9.17, 15) is 13.6 Å². The minimum absolute atomic E-state index is 0.0897. The molecule has 0 radical (unpaired) electrons. The number of aromatic carboxylic acids is 1. The molecule has 1 N–H and O–H groups in total. The van der Waals surface area contributed by atoms with Crippen molar-refractivity contribution in [3.63, 3.8) is 0 Å². The molecule has 0 aliphatic carbocycles. The molecule has 0 aromatic heterocycles. The molecule has 4 nitrogen and oxygen atoms in total. The normalized spacial score (nSPS) is 10.7. The number of carboxylic acids is 1. The monoisotopic (exact) mass is 277 g/mol. The average molecular weight is 277 g/mol. The Bertz CT molecular complexity index is 651. The summed E-state index contributed by atoms with van der Waals surface area (Å²) in [6.45, 7) is 0. The van der Waals surface area contributed by atoms with E-state index in [0.29, 0.717) is 11.6 Å². The van der Waals surface area contributed by atoms with E-state index in [1.807, 2.05) is 0 Å². The molecule has 0 saturated carbocycles. The average Bonchev–Trinajstić information content (AvgIpc) is 2.38. The molecule has 2 aromatic rings. The summed E-state index contributed by atoms with van der Waals surface area (Å²) in [7, 11) is 0. The Morgan fingerprint density at radius 2 is 1.85 bits per heavy atom. The van der Waals surface area contributed by atoms with E-state index < -0.39 is 17.6 Å². The molecule has 2 aromatic carbocycles. The number of halogens is 2. The molecule has 0 saturated heterocycles. The molecule has 0 unspecified atom stereocenters. The summed E-state index contributed by atoms with van der Waals surface area (Å²) in [6.07, 6.45) is 1.25. The first-order valence-corrected chi connectivity index (χ1v) is 5.54. The minimum Gasteiger partial charge on any atom is -0.478 e. The van der Waals surface area contributed by atoms with Gasteiger partial charge in [-0.05, 0) is 17.7 Å². The Morgan fingerprint density at radius 1 is 1.15 bits per heavy atom. The van der Waals surface area contributed by atoms with Crippen molar-refractivity contribution in [3.05, 3.63) is 65.2 Å². The third-order valence-electron chi connectivity index (χ3n) is 2.33. The lowest BCUT2D eigenvalue weighted by Gasteiger charge is -1.99. The molecule has 2 rings (SSSR count). The highest BCUT2D eigenvalue weighted by Gasteiger charge is 2.03. The van der Waals surface area contributed by atoms with Crippen molar-refractivity contribution in [1.29, 1.82) is 0 Å². The fourth-order valence-corrected chi connectivity index (χ4v) is 1.48. The van der Waals surface area contributed by atoms with Gasteiger partial charge >= 0.3 is 5.97 Å². The number of carbonyl (C=O) groups is 1. The molecule has 102 valence electrons. The molecule has 0 aliphatic heterocycles. The van der Waals surface area contributed by atoms with E-state index in [1.165, 1.54) is 18.3 Å². The predicted molar refractivity (Wildman–Crippen MR) is 68.0 cm³/mol. The van der Waals surface area contributed by atoms with Crippen LogP contribution in [-0.4, -0.2) is 17.3 Å². The fraction of sp³-hybridized carbons (Fsp3) is 0. The van der Waals surface area contributed by atoms with E-state index in [4.69, 9.17) is 9.94 Å². The van der Waals surface area contributed by atoms with Crippen molar-refractivity contribution in [3.8, 4) is 5.75 Å². The van der Waals surface area contributed by atoms with Gasteiger partial charge in [0.05, 0.1) is 11.8 Å². The first-order valence-electron chi connectivity index (χ1n) is 5.54. The maximum absolute atomic E-state index is 12.9. The summed E-state index contributed by atoms with van der Waals surface area (Å²) in [5.41, 5.74) is 0.590. The molecule has 0 bridgehead atoms. The smallest absolute Gasteiger partial charge is 0.335 e. The summed E-state index contributed by atoms with van der Waals surface area (Å²) < 4.78 is 25.8.